The first-order valence-corrected chi connectivity index (χ1v) is 13.6. The van der Waals surface area contributed by atoms with Gasteiger partial charge >= 0.3 is 0 Å². The average Bonchev–Trinajstić information content (AvgIpc) is 3.41. The highest BCUT2D eigenvalue weighted by Crippen LogP contribution is 2.51. The van der Waals surface area contributed by atoms with Gasteiger partial charge in [-0.15, -0.1) is 0 Å². The molecule has 186 valence electrons. The minimum absolute atomic E-state index is 0.0304. The number of sulfonamides is 1. The van der Waals surface area contributed by atoms with E-state index in [2.05, 4.69) is 36.3 Å². The van der Waals surface area contributed by atoms with E-state index in [1.807, 2.05) is 24.3 Å². The van der Waals surface area contributed by atoms with Crippen LogP contribution < -0.4 is 5.32 Å². The molecule has 1 saturated carbocycles. The number of methoxy groups -OCH3 is 1. The Balaban J connectivity index is 1.37. The van der Waals surface area contributed by atoms with E-state index >= 15 is 0 Å². The van der Waals surface area contributed by atoms with Gasteiger partial charge in [-0.2, -0.15) is 9.40 Å². The number of ether oxygens (including phenoxy) is 1. The number of piperidine rings is 1. The first-order valence-electron chi connectivity index (χ1n) is 11.4. The predicted molar refractivity (Wildman–Crippen MR) is 132 cm³/mol. The van der Waals surface area contributed by atoms with Crippen LogP contribution in [0.5, 0.6) is 0 Å². The molecule has 0 amide bonds. The largest absolute Gasteiger partial charge is 0.392 e. The number of hydrogen-bond donors (Lipinski definition) is 2. The number of halogens is 1. The maximum absolute atomic E-state index is 13.7. The van der Waals surface area contributed by atoms with Crippen LogP contribution in [-0.4, -0.2) is 70.0 Å². The maximum Gasteiger partial charge on any atom is 0.246 e. The highest BCUT2D eigenvalue weighted by atomic mass is 79.9. The van der Waals surface area contributed by atoms with E-state index < -0.39 is 16.1 Å². The first-order chi connectivity index (χ1) is 16.8. The molecule has 3 aromatic rings. The summed E-state index contributed by atoms with van der Waals surface area (Å²) in [6, 6.07) is 9.26. The first kappa shape index (κ1) is 24.3. The van der Waals surface area contributed by atoms with Gasteiger partial charge in [0.2, 0.25) is 10.0 Å². The van der Waals surface area contributed by atoms with Crippen molar-refractivity contribution in [3.05, 3.63) is 59.2 Å². The molecule has 2 aliphatic rings. The summed E-state index contributed by atoms with van der Waals surface area (Å²) in [6.45, 7) is 0.985. The number of anilines is 1. The van der Waals surface area contributed by atoms with Crippen molar-refractivity contribution in [3.8, 4) is 5.69 Å². The summed E-state index contributed by atoms with van der Waals surface area (Å²) in [5, 5.41) is 17.8. The van der Waals surface area contributed by atoms with Crippen molar-refractivity contribution in [1.82, 2.24) is 24.1 Å². The number of aliphatic hydroxyl groups is 1. The molecule has 0 bridgehead atoms. The highest BCUT2D eigenvalue weighted by Gasteiger charge is 2.56. The fraction of sp³-hybridized carbons (Fsp3) is 0.435. The minimum Gasteiger partial charge on any atom is -0.392 e. The number of pyridine rings is 1. The normalized spacial score (nSPS) is 22.1. The van der Waals surface area contributed by atoms with Crippen LogP contribution in [0.2, 0.25) is 0 Å². The zero-order chi connectivity index (χ0) is 24.6. The Labute approximate surface area is 212 Å². The lowest BCUT2D eigenvalue weighted by Gasteiger charge is -2.56. The quantitative estimate of drug-likeness (QED) is 0.450. The number of hydrogen-bond acceptors (Lipinski definition) is 8. The zero-order valence-electron chi connectivity index (χ0n) is 19.2. The van der Waals surface area contributed by atoms with Gasteiger partial charge in [0, 0.05) is 49.2 Å². The Morgan fingerprint density at radius 2 is 2.06 bits per heavy atom. The van der Waals surface area contributed by atoms with Crippen LogP contribution in [-0.2, 0) is 21.3 Å². The Morgan fingerprint density at radius 3 is 2.74 bits per heavy atom. The van der Waals surface area contributed by atoms with Crippen LogP contribution in [0.4, 0.5) is 5.82 Å². The number of aliphatic hydroxyl groups excluding tert-OH is 1. The lowest BCUT2D eigenvalue weighted by atomic mass is 9.58. The van der Waals surface area contributed by atoms with Crippen molar-refractivity contribution in [1.29, 1.82) is 0 Å². The van der Waals surface area contributed by atoms with E-state index in [1.165, 1.54) is 10.6 Å². The standard InChI is InChI=1S/C23H27BrN6O4S/c1-34-21-11-20(31)23(21)6-8-29(9-7-23)35(32,33)19-10-17(24)13-27-22(19)26-12-16-4-2-3-5-18(16)30-15-25-14-28-30/h2-5,10,13-15,20-21,31H,6-9,11-12H2,1H3,(H,26,27). The van der Waals surface area contributed by atoms with Gasteiger partial charge in [0.05, 0.1) is 17.9 Å². The van der Waals surface area contributed by atoms with Gasteiger partial charge in [0.25, 0.3) is 0 Å². The molecule has 2 N–H and O–H groups in total. The summed E-state index contributed by atoms with van der Waals surface area (Å²) in [7, 11) is -2.17. The molecule has 2 fully saturated rings. The third-order valence-corrected chi connectivity index (χ3v) is 9.57. The van der Waals surface area contributed by atoms with Crippen LogP contribution in [0.25, 0.3) is 5.69 Å². The SMILES string of the molecule is COC1CC(O)C12CCN(S(=O)(=O)c1cc(Br)cnc1NCc1ccccc1-n1cncn1)CC2. The summed E-state index contributed by atoms with van der Waals surface area (Å²) < 4.78 is 36.6. The minimum atomic E-state index is -3.82. The fourth-order valence-corrected chi connectivity index (χ4v) is 7.21. The molecule has 3 heterocycles. The Kier molecular flexibility index (Phi) is 6.66. The molecule has 1 spiro atoms. The predicted octanol–water partition coefficient (Wildman–Crippen LogP) is 2.59. The molecule has 1 aromatic carbocycles. The zero-order valence-corrected chi connectivity index (χ0v) is 21.6. The molecule has 2 aromatic heterocycles. The molecule has 35 heavy (non-hydrogen) atoms. The van der Waals surface area contributed by atoms with Crippen molar-refractivity contribution in [3.63, 3.8) is 0 Å². The molecule has 2 unspecified atom stereocenters. The number of nitrogens with one attached hydrogen (secondary N) is 1. The van der Waals surface area contributed by atoms with E-state index in [0.29, 0.717) is 43.4 Å². The second-order valence-electron chi connectivity index (χ2n) is 8.94. The number of rotatable bonds is 7. The third kappa shape index (κ3) is 4.38. The second-order valence-corrected chi connectivity index (χ2v) is 11.8. The smallest absolute Gasteiger partial charge is 0.246 e. The summed E-state index contributed by atoms with van der Waals surface area (Å²) >= 11 is 3.37. The van der Waals surface area contributed by atoms with Crippen molar-refractivity contribution >= 4 is 31.8 Å². The molecule has 1 aliphatic carbocycles. The van der Waals surface area contributed by atoms with E-state index in [9.17, 15) is 13.5 Å². The van der Waals surface area contributed by atoms with Crippen molar-refractivity contribution in [2.24, 2.45) is 5.41 Å². The van der Waals surface area contributed by atoms with E-state index in [1.54, 1.807) is 30.4 Å². The number of para-hydroxylation sites is 1. The van der Waals surface area contributed by atoms with E-state index in [4.69, 9.17) is 4.74 Å². The van der Waals surface area contributed by atoms with E-state index in [0.717, 1.165) is 11.3 Å². The summed E-state index contributed by atoms with van der Waals surface area (Å²) in [5.41, 5.74) is 1.39. The molecule has 0 radical (unpaired) electrons. The average molecular weight is 563 g/mol. The van der Waals surface area contributed by atoms with Gasteiger partial charge in [-0.3, -0.25) is 0 Å². The molecule has 10 nitrogen and oxygen atoms in total. The van der Waals surface area contributed by atoms with Crippen LogP contribution in [0.15, 0.2) is 58.6 Å². The summed E-state index contributed by atoms with van der Waals surface area (Å²) in [6.07, 6.45) is 5.88. The second kappa shape index (κ2) is 9.58. The van der Waals surface area contributed by atoms with Crippen LogP contribution in [0, 0.1) is 5.41 Å². The Hall–Kier alpha value is -2.38. The van der Waals surface area contributed by atoms with Gasteiger partial charge in [0.1, 0.15) is 23.4 Å². The van der Waals surface area contributed by atoms with Crippen molar-refractivity contribution in [2.75, 3.05) is 25.5 Å². The van der Waals surface area contributed by atoms with Gasteiger partial charge in [-0.1, -0.05) is 18.2 Å². The maximum atomic E-state index is 13.7. The topological polar surface area (TPSA) is 122 Å². The molecule has 1 aliphatic heterocycles. The third-order valence-electron chi connectivity index (χ3n) is 7.22. The van der Waals surface area contributed by atoms with Crippen LogP contribution in [0.3, 0.4) is 0 Å². The van der Waals surface area contributed by atoms with Crippen LogP contribution in [0.1, 0.15) is 24.8 Å². The van der Waals surface area contributed by atoms with Gasteiger partial charge in [0.15, 0.2) is 0 Å². The fourth-order valence-electron chi connectivity index (χ4n) is 5.14. The Bertz CT molecular complexity index is 1300. The summed E-state index contributed by atoms with van der Waals surface area (Å²) in [5.74, 6) is 0.278. The molecular weight excluding hydrogens is 536 g/mol. The van der Waals surface area contributed by atoms with Crippen molar-refractivity contribution < 1.29 is 18.3 Å². The number of aromatic nitrogens is 4. The van der Waals surface area contributed by atoms with Gasteiger partial charge in [-0.05, 0) is 46.5 Å². The number of benzene rings is 1. The Morgan fingerprint density at radius 1 is 1.29 bits per heavy atom. The van der Waals surface area contributed by atoms with E-state index in [-0.39, 0.29) is 22.2 Å². The van der Waals surface area contributed by atoms with Gasteiger partial charge < -0.3 is 15.2 Å². The molecule has 2 atom stereocenters. The molecule has 1 saturated heterocycles. The molecular formula is C23H27BrN6O4S. The molecule has 12 heteroatoms. The molecule has 5 rings (SSSR count). The van der Waals surface area contributed by atoms with Gasteiger partial charge in [-0.25, -0.2) is 23.1 Å². The van der Waals surface area contributed by atoms with Crippen molar-refractivity contribution in [2.45, 2.75) is 42.9 Å². The van der Waals surface area contributed by atoms with Crippen LogP contribution >= 0.6 is 15.9 Å². The monoisotopic (exact) mass is 562 g/mol. The highest BCUT2D eigenvalue weighted by molar-refractivity contribution is 9.10. The lowest BCUT2D eigenvalue weighted by molar-refractivity contribution is -0.197. The lowest BCUT2D eigenvalue weighted by Crippen LogP contribution is -2.62. The number of nitrogens with zero attached hydrogens (tertiary/aromatic N) is 5. The summed E-state index contributed by atoms with van der Waals surface area (Å²) in [4.78, 5) is 8.50.